The van der Waals surface area contributed by atoms with E-state index in [4.69, 9.17) is 19.6 Å². The number of carbonyl (C=O) groups excluding carboxylic acids is 2. The van der Waals surface area contributed by atoms with Gasteiger partial charge in [0.25, 0.3) is 11.5 Å². The minimum Gasteiger partial charge on any atom is -0.497 e. The Morgan fingerprint density at radius 1 is 0.897 bits per heavy atom. The molecule has 15 nitrogen and oxygen atoms in total. The maximum absolute atomic E-state index is 13.7. The molecule has 2 amide bonds. The standard InChI is InChI=1S/C43H47N9O6/c1-26(2)41(54)49-21-17-31(18-22-49)52-34-16-20-45-39(46-24-29-12-15-32(57-5)23-35(29)58-6)37(34)38(48-52)28-10-13-30(14-11-28)47-40(53)33-25-50(27(3)4)43(56)51(42(33)55)36-9-7-8-19-44-36/h7-16,19-20,23,25-27,31H,17-18,21-22,24H2,1-6H3,(H,45,46)(H,47,53). The van der Waals surface area contributed by atoms with Crippen molar-refractivity contribution in [1.82, 2.24) is 33.8 Å². The van der Waals surface area contributed by atoms with Gasteiger partial charge in [-0.05, 0) is 69.2 Å². The molecule has 0 radical (unpaired) electrons. The summed E-state index contributed by atoms with van der Waals surface area (Å²) in [5.41, 5.74) is 2.14. The van der Waals surface area contributed by atoms with Crippen LogP contribution in [0.4, 0.5) is 11.5 Å². The summed E-state index contributed by atoms with van der Waals surface area (Å²) in [6.45, 7) is 9.13. The Balaban J connectivity index is 1.22. The molecule has 6 aromatic rings. The average molecular weight is 786 g/mol. The summed E-state index contributed by atoms with van der Waals surface area (Å²) in [4.78, 5) is 64.3. The number of hydrogen-bond acceptors (Lipinski definition) is 10. The first-order chi connectivity index (χ1) is 28.0. The number of ether oxygens (including phenoxy) is 2. The summed E-state index contributed by atoms with van der Waals surface area (Å²) in [6, 6.07) is 19.4. The smallest absolute Gasteiger partial charge is 0.337 e. The highest BCUT2D eigenvalue weighted by molar-refractivity contribution is 6.04. The molecule has 58 heavy (non-hydrogen) atoms. The fraction of sp³-hybridized carbons (Fsp3) is 0.326. The number of anilines is 2. The number of nitrogens with one attached hydrogen (secondary N) is 2. The molecule has 15 heteroatoms. The monoisotopic (exact) mass is 785 g/mol. The van der Waals surface area contributed by atoms with Crippen LogP contribution < -0.4 is 31.4 Å². The Bertz CT molecular complexity index is 2570. The van der Waals surface area contributed by atoms with Gasteiger partial charge >= 0.3 is 5.69 Å². The lowest BCUT2D eigenvalue weighted by molar-refractivity contribution is -0.135. The van der Waals surface area contributed by atoms with Crippen LogP contribution in [0.15, 0.2) is 94.9 Å². The van der Waals surface area contributed by atoms with Crippen LogP contribution in [0.3, 0.4) is 0 Å². The normalized spacial score (nSPS) is 13.3. The van der Waals surface area contributed by atoms with Crippen LogP contribution in [0, 0.1) is 5.92 Å². The number of amides is 2. The summed E-state index contributed by atoms with van der Waals surface area (Å²) in [5, 5.41) is 12.4. The number of nitrogens with zero attached hydrogens (tertiary/aromatic N) is 7. The Kier molecular flexibility index (Phi) is 11.4. The maximum atomic E-state index is 13.7. The number of methoxy groups -OCH3 is 2. The zero-order valence-corrected chi connectivity index (χ0v) is 33.4. The topological polar surface area (TPSA) is 168 Å². The SMILES string of the molecule is COc1ccc(CNc2nccc3c2c(-c2ccc(NC(=O)c4cn(C(C)C)c(=O)n(-c5ccccn5)c4=O)cc2)nn3C2CCN(C(=O)C(C)C)CC2)c(OC)c1. The molecule has 4 aromatic heterocycles. The number of carbonyl (C=O) groups is 2. The Labute approximate surface area is 335 Å². The van der Waals surface area contributed by atoms with Crippen molar-refractivity contribution in [3.05, 3.63) is 117 Å². The van der Waals surface area contributed by atoms with E-state index in [9.17, 15) is 19.2 Å². The highest BCUT2D eigenvalue weighted by Gasteiger charge is 2.29. The fourth-order valence-corrected chi connectivity index (χ4v) is 7.27. The molecule has 0 unspecified atom stereocenters. The van der Waals surface area contributed by atoms with Gasteiger partial charge in [0.2, 0.25) is 5.91 Å². The van der Waals surface area contributed by atoms with E-state index >= 15 is 0 Å². The van der Waals surface area contributed by atoms with Crippen LogP contribution >= 0.6 is 0 Å². The Hall–Kier alpha value is -6.77. The first-order valence-electron chi connectivity index (χ1n) is 19.3. The average Bonchev–Trinajstić information content (AvgIpc) is 3.63. The number of hydrogen-bond donors (Lipinski definition) is 2. The molecule has 1 saturated heterocycles. The van der Waals surface area contributed by atoms with Gasteiger partial charge in [0.1, 0.15) is 34.4 Å². The van der Waals surface area contributed by atoms with E-state index in [1.54, 1.807) is 64.6 Å². The van der Waals surface area contributed by atoms with E-state index < -0.39 is 17.2 Å². The van der Waals surface area contributed by atoms with E-state index in [1.165, 1.54) is 17.0 Å². The second kappa shape index (κ2) is 16.8. The van der Waals surface area contributed by atoms with Crippen molar-refractivity contribution in [2.24, 2.45) is 5.92 Å². The molecule has 2 aromatic carbocycles. The number of likely N-dealkylation sites (tertiary alicyclic amines) is 1. The van der Waals surface area contributed by atoms with Crippen molar-refractivity contribution in [3.8, 4) is 28.6 Å². The highest BCUT2D eigenvalue weighted by Crippen LogP contribution is 2.37. The lowest BCUT2D eigenvalue weighted by Gasteiger charge is -2.33. The number of rotatable bonds is 12. The molecular formula is C43H47N9O6. The van der Waals surface area contributed by atoms with Gasteiger partial charge in [0, 0.05) is 73.1 Å². The van der Waals surface area contributed by atoms with Gasteiger partial charge in [0.05, 0.1) is 31.2 Å². The molecule has 0 saturated carbocycles. The minimum absolute atomic E-state index is 0.0483. The van der Waals surface area contributed by atoms with Crippen molar-refractivity contribution in [3.63, 3.8) is 0 Å². The van der Waals surface area contributed by atoms with Gasteiger partial charge in [-0.1, -0.05) is 32.0 Å². The first-order valence-corrected chi connectivity index (χ1v) is 19.3. The number of aromatic nitrogens is 6. The molecule has 0 bridgehead atoms. The third kappa shape index (κ3) is 7.79. The van der Waals surface area contributed by atoms with Crippen molar-refractivity contribution < 1.29 is 19.1 Å². The fourth-order valence-electron chi connectivity index (χ4n) is 7.27. The van der Waals surface area contributed by atoms with Crippen molar-refractivity contribution >= 4 is 34.2 Å². The van der Waals surface area contributed by atoms with Crippen molar-refractivity contribution in [2.75, 3.05) is 37.9 Å². The molecule has 0 spiro atoms. The number of benzene rings is 2. The van der Waals surface area contributed by atoms with Crippen molar-refractivity contribution in [1.29, 1.82) is 0 Å². The van der Waals surface area contributed by atoms with Gasteiger partial charge in [-0.25, -0.2) is 19.3 Å². The lowest BCUT2D eigenvalue weighted by atomic mass is 10.0. The molecule has 0 aliphatic carbocycles. The van der Waals surface area contributed by atoms with Gasteiger partial charge < -0.3 is 25.0 Å². The molecule has 300 valence electrons. The van der Waals surface area contributed by atoms with Crippen LogP contribution in [0.1, 0.15) is 68.5 Å². The third-order valence-corrected chi connectivity index (χ3v) is 10.4. The van der Waals surface area contributed by atoms with Crippen LogP contribution in [0.5, 0.6) is 11.5 Å². The predicted octanol–water partition coefficient (Wildman–Crippen LogP) is 6.09. The molecule has 1 aliphatic heterocycles. The summed E-state index contributed by atoms with van der Waals surface area (Å²) in [6.07, 6.45) is 6.04. The van der Waals surface area contributed by atoms with Crippen LogP contribution in [0.25, 0.3) is 28.0 Å². The zero-order valence-electron chi connectivity index (χ0n) is 33.4. The number of fused-ring (bicyclic) bond motifs is 1. The quantitative estimate of drug-likeness (QED) is 0.148. The molecule has 1 aliphatic rings. The summed E-state index contributed by atoms with van der Waals surface area (Å²) >= 11 is 0. The van der Waals surface area contributed by atoms with E-state index in [-0.39, 0.29) is 35.3 Å². The second-order valence-corrected chi connectivity index (χ2v) is 14.8. The molecule has 5 heterocycles. The summed E-state index contributed by atoms with van der Waals surface area (Å²) < 4.78 is 15.3. The minimum atomic E-state index is -0.772. The molecular weight excluding hydrogens is 739 g/mol. The molecule has 2 N–H and O–H groups in total. The summed E-state index contributed by atoms with van der Waals surface area (Å²) in [5.74, 6) is 1.54. The van der Waals surface area contributed by atoms with Gasteiger partial charge in [-0.2, -0.15) is 5.10 Å². The zero-order chi connectivity index (χ0) is 41.1. The molecule has 7 rings (SSSR count). The van der Waals surface area contributed by atoms with E-state index in [0.29, 0.717) is 48.3 Å². The first kappa shape index (κ1) is 39.5. The largest absolute Gasteiger partial charge is 0.497 e. The van der Waals surface area contributed by atoms with E-state index in [2.05, 4.69) is 20.3 Å². The number of pyridine rings is 2. The van der Waals surface area contributed by atoms with Gasteiger partial charge in [-0.3, -0.25) is 23.6 Å². The molecule has 0 atom stereocenters. The second-order valence-electron chi connectivity index (χ2n) is 14.8. The van der Waals surface area contributed by atoms with Crippen molar-refractivity contribution in [2.45, 2.75) is 59.2 Å². The summed E-state index contributed by atoms with van der Waals surface area (Å²) in [7, 11) is 3.23. The predicted molar refractivity (Wildman–Crippen MR) is 222 cm³/mol. The van der Waals surface area contributed by atoms with Gasteiger partial charge in [-0.15, -0.1) is 0 Å². The van der Waals surface area contributed by atoms with Crippen LogP contribution in [-0.4, -0.2) is 72.9 Å². The Morgan fingerprint density at radius 3 is 2.31 bits per heavy atom. The lowest BCUT2D eigenvalue weighted by Crippen LogP contribution is -2.43. The van der Waals surface area contributed by atoms with Crippen LogP contribution in [-0.2, 0) is 11.3 Å². The van der Waals surface area contributed by atoms with Crippen LogP contribution in [0.2, 0.25) is 0 Å². The maximum Gasteiger partial charge on any atom is 0.337 e. The Morgan fingerprint density at radius 2 is 1.66 bits per heavy atom. The van der Waals surface area contributed by atoms with E-state index in [1.807, 2.05) is 55.1 Å². The number of piperidine rings is 1. The third-order valence-electron chi connectivity index (χ3n) is 10.4. The van der Waals surface area contributed by atoms with Gasteiger partial charge in [0.15, 0.2) is 0 Å². The molecule has 1 fully saturated rings. The van der Waals surface area contributed by atoms with E-state index in [0.717, 1.165) is 39.4 Å². The highest BCUT2D eigenvalue weighted by atomic mass is 16.5.